The molecule has 1 unspecified atom stereocenters. The molecule has 23 heavy (non-hydrogen) atoms. The van der Waals surface area contributed by atoms with Crippen molar-refractivity contribution in [2.45, 2.75) is 19.9 Å². The molecule has 0 spiro atoms. The van der Waals surface area contributed by atoms with E-state index in [1.54, 1.807) is 0 Å². The van der Waals surface area contributed by atoms with E-state index in [1.807, 2.05) is 11.3 Å². The minimum Gasteiger partial charge on any atom is -0.343 e. The molecule has 2 heterocycles. The molecule has 0 aliphatic carbocycles. The molecule has 0 bridgehead atoms. The Balaban J connectivity index is 1.84. The maximum atomic E-state index is 2.36. The Morgan fingerprint density at radius 1 is 1.00 bits per heavy atom. The molecule has 1 aliphatic heterocycles. The summed E-state index contributed by atoms with van der Waals surface area (Å²) in [6.45, 7) is 4.28. The Morgan fingerprint density at radius 2 is 1.83 bits per heavy atom. The molecule has 0 amide bonds. The summed E-state index contributed by atoms with van der Waals surface area (Å²) in [7, 11) is 0. The molecule has 1 aliphatic rings. The van der Waals surface area contributed by atoms with Gasteiger partial charge in [-0.05, 0) is 43.7 Å². The zero-order valence-corrected chi connectivity index (χ0v) is 14.2. The van der Waals surface area contributed by atoms with E-state index in [1.165, 1.54) is 31.3 Å². The van der Waals surface area contributed by atoms with Crippen LogP contribution in [0.2, 0.25) is 0 Å². The summed E-state index contributed by atoms with van der Waals surface area (Å²) in [4.78, 5) is 2.28. The predicted octanol–water partition coefficient (Wildman–Crippen LogP) is 6.40. The molecule has 0 saturated heterocycles. The summed E-state index contributed by atoms with van der Waals surface area (Å²) in [6.07, 6.45) is 10.8. The van der Waals surface area contributed by atoms with Crippen molar-refractivity contribution in [1.82, 2.24) is 4.90 Å². The van der Waals surface area contributed by atoms with Crippen LogP contribution in [0.4, 0.5) is 0 Å². The number of fused-ring (bicyclic) bond motifs is 3. The van der Waals surface area contributed by atoms with Crippen molar-refractivity contribution in [1.29, 1.82) is 0 Å². The minimum atomic E-state index is 0.262. The van der Waals surface area contributed by atoms with Crippen molar-refractivity contribution < 1.29 is 0 Å². The van der Waals surface area contributed by atoms with Gasteiger partial charge in [-0.2, -0.15) is 0 Å². The van der Waals surface area contributed by atoms with Crippen LogP contribution < -0.4 is 0 Å². The van der Waals surface area contributed by atoms with Crippen LogP contribution in [0.15, 0.2) is 78.7 Å². The van der Waals surface area contributed by atoms with E-state index in [0.717, 1.165) is 0 Å². The lowest BCUT2D eigenvalue weighted by molar-refractivity contribution is 0.430. The van der Waals surface area contributed by atoms with Crippen LogP contribution in [0.25, 0.3) is 20.2 Å². The first-order chi connectivity index (χ1) is 11.2. The van der Waals surface area contributed by atoms with Gasteiger partial charge >= 0.3 is 0 Å². The molecular formula is C21H19NS. The highest BCUT2D eigenvalue weighted by molar-refractivity contribution is 7.25. The van der Waals surface area contributed by atoms with Gasteiger partial charge in [0.05, 0.1) is 6.04 Å². The van der Waals surface area contributed by atoms with Gasteiger partial charge in [0, 0.05) is 32.6 Å². The Bertz CT molecular complexity index is 954. The molecule has 1 aromatic heterocycles. The molecule has 1 nitrogen and oxygen atoms in total. The van der Waals surface area contributed by atoms with Crippen molar-refractivity contribution in [2.75, 3.05) is 0 Å². The van der Waals surface area contributed by atoms with Crippen LogP contribution >= 0.6 is 11.3 Å². The molecule has 2 aromatic carbocycles. The third kappa shape index (κ3) is 2.60. The largest absolute Gasteiger partial charge is 0.343 e. The van der Waals surface area contributed by atoms with Gasteiger partial charge in [-0.15, -0.1) is 11.3 Å². The van der Waals surface area contributed by atoms with Gasteiger partial charge in [-0.25, -0.2) is 0 Å². The molecule has 2 heteroatoms. The van der Waals surface area contributed by atoms with E-state index < -0.39 is 0 Å². The lowest BCUT2D eigenvalue weighted by atomic mass is 10.0. The second-order valence-corrected chi connectivity index (χ2v) is 7.26. The molecule has 0 radical (unpaired) electrons. The van der Waals surface area contributed by atoms with Crippen LogP contribution in [0.5, 0.6) is 0 Å². The number of thiophene rings is 1. The summed E-state index contributed by atoms with van der Waals surface area (Å²) in [6, 6.07) is 15.8. The molecule has 0 saturated carbocycles. The molecule has 4 rings (SSSR count). The smallest absolute Gasteiger partial charge is 0.0767 e. The van der Waals surface area contributed by atoms with E-state index in [9.17, 15) is 0 Å². The standard InChI is InChI=1S/C21H19NS/c1-15(2)14-22-12-6-5-8-19(22)16-10-11-21-18(13-16)17-7-3-4-9-20(17)23-21/h3-14,19H,1-2H3. The molecule has 0 fully saturated rings. The summed E-state index contributed by atoms with van der Waals surface area (Å²) < 4.78 is 2.72. The Hall–Kier alpha value is -2.32. The zero-order chi connectivity index (χ0) is 15.8. The molecule has 0 N–H and O–H groups in total. The summed E-state index contributed by atoms with van der Waals surface area (Å²) in [5.74, 6) is 0. The number of allylic oxidation sites excluding steroid dienone is 3. The first-order valence-electron chi connectivity index (χ1n) is 7.91. The Kier molecular flexibility index (Phi) is 3.55. The normalized spacial score (nSPS) is 17.1. The van der Waals surface area contributed by atoms with E-state index in [4.69, 9.17) is 0 Å². The number of nitrogens with zero attached hydrogens (tertiary/aromatic N) is 1. The van der Waals surface area contributed by atoms with Gasteiger partial charge in [0.1, 0.15) is 0 Å². The third-order valence-corrected chi connectivity index (χ3v) is 5.29. The Labute approximate surface area is 140 Å². The van der Waals surface area contributed by atoms with Crippen molar-refractivity contribution in [3.8, 4) is 0 Å². The first kappa shape index (κ1) is 14.3. The van der Waals surface area contributed by atoms with E-state index in [0.29, 0.717) is 0 Å². The highest BCUT2D eigenvalue weighted by Gasteiger charge is 2.16. The van der Waals surface area contributed by atoms with Crippen LogP contribution in [0, 0.1) is 0 Å². The number of benzene rings is 2. The van der Waals surface area contributed by atoms with Crippen molar-refractivity contribution in [2.24, 2.45) is 0 Å². The minimum absolute atomic E-state index is 0.262. The average molecular weight is 317 g/mol. The highest BCUT2D eigenvalue weighted by atomic mass is 32.1. The van der Waals surface area contributed by atoms with E-state index in [2.05, 4.69) is 91.8 Å². The van der Waals surface area contributed by atoms with Gasteiger partial charge in [0.2, 0.25) is 0 Å². The predicted molar refractivity (Wildman–Crippen MR) is 102 cm³/mol. The SMILES string of the molecule is CC(C)=CN1C=CC=CC1c1ccc2sc3ccccc3c2c1. The van der Waals surface area contributed by atoms with Crippen LogP contribution in [0.3, 0.4) is 0 Å². The maximum absolute atomic E-state index is 2.36. The second kappa shape index (κ2) is 5.71. The van der Waals surface area contributed by atoms with E-state index in [-0.39, 0.29) is 6.04 Å². The molecule has 3 aromatic rings. The maximum Gasteiger partial charge on any atom is 0.0767 e. The second-order valence-electron chi connectivity index (χ2n) is 6.18. The Morgan fingerprint density at radius 3 is 2.70 bits per heavy atom. The summed E-state index contributed by atoms with van der Waals surface area (Å²) in [5.41, 5.74) is 2.64. The van der Waals surface area contributed by atoms with Gasteiger partial charge in [0.25, 0.3) is 0 Å². The molecular weight excluding hydrogens is 298 g/mol. The van der Waals surface area contributed by atoms with Crippen LogP contribution in [-0.4, -0.2) is 4.90 Å². The summed E-state index contributed by atoms with van der Waals surface area (Å²) in [5, 5.41) is 2.72. The van der Waals surface area contributed by atoms with Crippen molar-refractivity contribution in [3.05, 3.63) is 84.2 Å². The van der Waals surface area contributed by atoms with Gasteiger partial charge in [-0.3, -0.25) is 0 Å². The van der Waals surface area contributed by atoms with Gasteiger partial charge < -0.3 is 4.90 Å². The topological polar surface area (TPSA) is 3.24 Å². The highest BCUT2D eigenvalue weighted by Crippen LogP contribution is 2.36. The fourth-order valence-electron chi connectivity index (χ4n) is 3.14. The lowest BCUT2D eigenvalue weighted by Crippen LogP contribution is -2.18. The van der Waals surface area contributed by atoms with Gasteiger partial charge in [-0.1, -0.05) is 42.0 Å². The quantitative estimate of drug-likeness (QED) is 0.528. The number of hydrogen-bond donors (Lipinski definition) is 0. The average Bonchev–Trinajstić information content (AvgIpc) is 2.92. The molecule has 114 valence electrons. The first-order valence-corrected chi connectivity index (χ1v) is 8.73. The van der Waals surface area contributed by atoms with Crippen molar-refractivity contribution in [3.63, 3.8) is 0 Å². The fraction of sp³-hybridized carbons (Fsp3) is 0.143. The number of hydrogen-bond acceptors (Lipinski definition) is 2. The third-order valence-electron chi connectivity index (χ3n) is 4.13. The fourth-order valence-corrected chi connectivity index (χ4v) is 4.23. The van der Waals surface area contributed by atoms with Crippen molar-refractivity contribution >= 4 is 31.5 Å². The van der Waals surface area contributed by atoms with Gasteiger partial charge in [0.15, 0.2) is 0 Å². The van der Waals surface area contributed by atoms with Crippen LogP contribution in [0.1, 0.15) is 25.5 Å². The lowest BCUT2D eigenvalue weighted by Gasteiger charge is -2.28. The monoisotopic (exact) mass is 317 g/mol. The van der Waals surface area contributed by atoms with Crippen LogP contribution in [-0.2, 0) is 0 Å². The number of rotatable bonds is 2. The summed E-state index contributed by atoms with van der Waals surface area (Å²) >= 11 is 1.87. The molecule has 1 atom stereocenters. The van der Waals surface area contributed by atoms with E-state index >= 15 is 0 Å². The zero-order valence-electron chi connectivity index (χ0n) is 13.4.